The van der Waals surface area contributed by atoms with Gasteiger partial charge in [-0.2, -0.15) is 4.98 Å². The van der Waals surface area contributed by atoms with E-state index in [0.29, 0.717) is 11.6 Å². The standard InChI is InChI=1S/C8H11ClN2O4S/c1-14-6-5-10-7(11-8(6)15-2)3-4-16(9,12)13/h5H,3-4H2,1-2H3. The lowest BCUT2D eigenvalue weighted by Gasteiger charge is -2.06. The van der Waals surface area contributed by atoms with Crippen molar-refractivity contribution < 1.29 is 17.9 Å². The number of rotatable bonds is 5. The fourth-order valence-electron chi connectivity index (χ4n) is 1.01. The van der Waals surface area contributed by atoms with Gasteiger partial charge in [-0.05, 0) is 0 Å². The van der Waals surface area contributed by atoms with Crippen molar-refractivity contribution in [2.75, 3.05) is 20.0 Å². The molecule has 0 fully saturated rings. The molecule has 0 radical (unpaired) electrons. The summed E-state index contributed by atoms with van der Waals surface area (Å²) < 4.78 is 31.4. The fraction of sp³-hybridized carbons (Fsp3) is 0.500. The van der Waals surface area contributed by atoms with Crippen LogP contribution in [0.2, 0.25) is 0 Å². The molecule has 0 aliphatic heterocycles. The van der Waals surface area contributed by atoms with E-state index in [1.54, 1.807) is 0 Å². The summed E-state index contributed by atoms with van der Waals surface area (Å²) in [4.78, 5) is 7.91. The first kappa shape index (κ1) is 13.0. The van der Waals surface area contributed by atoms with Crippen molar-refractivity contribution in [3.8, 4) is 11.6 Å². The lowest BCUT2D eigenvalue weighted by molar-refractivity contribution is 0.339. The summed E-state index contributed by atoms with van der Waals surface area (Å²) in [5.74, 6) is 0.769. The monoisotopic (exact) mass is 266 g/mol. The van der Waals surface area contributed by atoms with E-state index in [4.69, 9.17) is 20.2 Å². The van der Waals surface area contributed by atoms with Crippen molar-refractivity contribution in [2.45, 2.75) is 6.42 Å². The van der Waals surface area contributed by atoms with E-state index in [1.807, 2.05) is 0 Å². The maximum absolute atomic E-state index is 10.7. The minimum Gasteiger partial charge on any atom is -0.490 e. The summed E-state index contributed by atoms with van der Waals surface area (Å²) in [5, 5.41) is 0. The average Bonchev–Trinajstić information content (AvgIpc) is 2.25. The SMILES string of the molecule is COc1cnc(CCS(=O)(=O)Cl)nc1OC. The lowest BCUT2D eigenvalue weighted by atomic mass is 10.4. The highest BCUT2D eigenvalue weighted by atomic mass is 35.7. The van der Waals surface area contributed by atoms with Crippen LogP contribution >= 0.6 is 10.7 Å². The molecule has 1 heterocycles. The van der Waals surface area contributed by atoms with Crippen LogP contribution in [0.15, 0.2) is 6.20 Å². The normalized spacial score (nSPS) is 11.2. The molecule has 8 heteroatoms. The van der Waals surface area contributed by atoms with E-state index in [9.17, 15) is 8.42 Å². The van der Waals surface area contributed by atoms with Gasteiger partial charge < -0.3 is 9.47 Å². The van der Waals surface area contributed by atoms with Crippen LogP contribution in [0, 0.1) is 0 Å². The molecule has 1 rings (SSSR count). The second-order valence-electron chi connectivity index (χ2n) is 2.86. The van der Waals surface area contributed by atoms with Gasteiger partial charge in [0.2, 0.25) is 9.05 Å². The maximum atomic E-state index is 10.7. The molecule has 90 valence electrons. The number of hydrogen-bond acceptors (Lipinski definition) is 6. The Labute approximate surface area is 98.0 Å². The molecule has 0 atom stereocenters. The number of ether oxygens (including phenoxy) is 2. The van der Waals surface area contributed by atoms with Gasteiger partial charge in [-0.3, -0.25) is 0 Å². The van der Waals surface area contributed by atoms with Crippen molar-refractivity contribution >= 4 is 19.7 Å². The third-order valence-electron chi connectivity index (χ3n) is 1.75. The third-order valence-corrected chi connectivity index (χ3v) is 2.91. The Morgan fingerprint density at radius 1 is 1.38 bits per heavy atom. The molecule has 0 aliphatic rings. The largest absolute Gasteiger partial charge is 0.490 e. The van der Waals surface area contributed by atoms with Gasteiger partial charge in [0.15, 0.2) is 5.75 Å². The van der Waals surface area contributed by atoms with Crippen molar-refractivity contribution in [3.05, 3.63) is 12.0 Å². The third kappa shape index (κ3) is 3.82. The van der Waals surface area contributed by atoms with Gasteiger partial charge in [0, 0.05) is 17.1 Å². The summed E-state index contributed by atoms with van der Waals surface area (Å²) >= 11 is 0. The zero-order valence-electron chi connectivity index (χ0n) is 8.81. The van der Waals surface area contributed by atoms with Gasteiger partial charge in [0.05, 0.1) is 26.2 Å². The topological polar surface area (TPSA) is 78.4 Å². The Morgan fingerprint density at radius 2 is 2.06 bits per heavy atom. The quantitative estimate of drug-likeness (QED) is 0.727. The van der Waals surface area contributed by atoms with E-state index >= 15 is 0 Å². The van der Waals surface area contributed by atoms with E-state index in [2.05, 4.69) is 9.97 Å². The molecule has 0 saturated carbocycles. The number of aromatic nitrogens is 2. The Hall–Kier alpha value is -1.08. The first-order valence-electron chi connectivity index (χ1n) is 4.32. The van der Waals surface area contributed by atoms with Crippen LogP contribution in [0.4, 0.5) is 0 Å². The molecule has 0 saturated heterocycles. The summed E-state index contributed by atoms with van der Waals surface area (Å²) in [6, 6.07) is 0. The van der Waals surface area contributed by atoms with Crippen LogP contribution in [0.3, 0.4) is 0 Å². The molecule has 0 unspecified atom stereocenters. The van der Waals surface area contributed by atoms with Gasteiger partial charge in [-0.25, -0.2) is 13.4 Å². The minimum atomic E-state index is -3.54. The highest BCUT2D eigenvalue weighted by Crippen LogP contribution is 2.22. The maximum Gasteiger partial charge on any atom is 0.260 e. The molecule has 1 aromatic rings. The number of aryl methyl sites for hydroxylation is 1. The van der Waals surface area contributed by atoms with Crippen molar-refractivity contribution in [1.29, 1.82) is 0 Å². The van der Waals surface area contributed by atoms with E-state index < -0.39 is 9.05 Å². The van der Waals surface area contributed by atoms with Crippen molar-refractivity contribution in [1.82, 2.24) is 9.97 Å². The predicted octanol–water partition coefficient (Wildman–Crippen LogP) is 0.605. The summed E-state index contributed by atoms with van der Waals surface area (Å²) in [7, 11) is 4.44. The van der Waals surface area contributed by atoms with E-state index in [1.165, 1.54) is 20.4 Å². The first-order valence-corrected chi connectivity index (χ1v) is 6.80. The number of hydrogen-bond donors (Lipinski definition) is 0. The smallest absolute Gasteiger partial charge is 0.260 e. The number of nitrogens with zero attached hydrogens (tertiary/aromatic N) is 2. The summed E-state index contributed by atoms with van der Waals surface area (Å²) in [6.45, 7) is 0. The van der Waals surface area contributed by atoms with Gasteiger partial charge in [-0.15, -0.1) is 0 Å². The molecule has 0 amide bonds. The van der Waals surface area contributed by atoms with Crippen molar-refractivity contribution in [3.63, 3.8) is 0 Å². The first-order chi connectivity index (χ1) is 7.46. The Kier molecular flexibility index (Phi) is 4.31. The van der Waals surface area contributed by atoms with Crippen LogP contribution in [-0.2, 0) is 15.5 Å². The summed E-state index contributed by atoms with van der Waals surface area (Å²) in [6.07, 6.45) is 1.55. The van der Waals surface area contributed by atoms with Crippen LogP contribution in [-0.4, -0.2) is 38.4 Å². The Balaban J connectivity index is 2.83. The van der Waals surface area contributed by atoms with Crippen LogP contribution in [0.1, 0.15) is 5.82 Å². The van der Waals surface area contributed by atoms with E-state index in [0.717, 1.165) is 0 Å². The number of methoxy groups -OCH3 is 2. The molecule has 6 nitrogen and oxygen atoms in total. The van der Waals surface area contributed by atoms with Gasteiger partial charge >= 0.3 is 0 Å². The highest BCUT2D eigenvalue weighted by molar-refractivity contribution is 8.13. The molecule has 1 aromatic heterocycles. The molecule has 0 bridgehead atoms. The second kappa shape index (κ2) is 5.31. The van der Waals surface area contributed by atoms with Crippen LogP contribution in [0.5, 0.6) is 11.6 Å². The van der Waals surface area contributed by atoms with Gasteiger partial charge in [-0.1, -0.05) is 0 Å². The number of halogens is 1. The van der Waals surface area contributed by atoms with Gasteiger partial charge in [0.1, 0.15) is 5.82 Å². The second-order valence-corrected chi connectivity index (χ2v) is 5.75. The predicted molar refractivity (Wildman–Crippen MR) is 58.5 cm³/mol. The molecular formula is C8H11ClN2O4S. The van der Waals surface area contributed by atoms with Gasteiger partial charge in [0.25, 0.3) is 5.88 Å². The summed E-state index contributed by atoms with van der Waals surface area (Å²) in [5.41, 5.74) is 0. The Morgan fingerprint density at radius 3 is 2.56 bits per heavy atom. The highest BCUT2D eigenvalue weighted by Gasteiger charge is 2.11. The molecule has 0 spiro atoms. The molecule has 16 heavy (non-hydrogen) atoms. The van der Waals surface area contributed by atoms with Crippen LogP contribution in [0.25, 0.3) is 0 Å². The fourth-order valence-corrected chi connectivity index (χ4v) is 1.67. The van der Waals surface area contributed by atoms with E-state index in [-0.39, 0.29) is 18.1 Å². The minimum absolute atomic E-state index is 0.131. The van der Waals surface area contributed by atoms with Crippen LogP contribution < -0.4 is 9.47 Å². The molecular weight excluding hydrogens is 256 g/mol. The van der Waals surface area contributed by atoms with Crippen molar-refractivity contribution in [2.24, 2.45) is 0 Å². The molecule has 0 aromatic carbocycles. The zero-order chi connectivity index (χ0) is 12.2. The molecule has 0 aliphatic carbocycles. The Bertz CT molecular complexity index is 463. The average molecular weight is 267 g/mol. The molecule has 0 N–H and O–H groups in total. The zero-order valence-corrected chi connectivity index (χ0v) is 10.4. The lowest BCUT2D eigenvalue weighted by Crippen LogP contribution is -2.06.